The first-order chi connectivity index (χ1) is 6.20. The van der Waals surface area contributed by atoms with Crippen LogP contribution in [-0.2, 0) is 4.74 Å². The maximum atomic E-state index is 5.47. The Kier molecular flexibility index (Phi) is 8.46. The van der Waals surface area contributed by atoms with Crippen molar-refractivity contribution in [2.24, 2.45) is 5.92 Å². The standard InChI is InChI=1S/C11H25NO/c1-5-11(6-2)12-7-8-13-9-10(3)4/h10-12H,5-9H2,1-4H3. The Balaban J connectivity index is 3.14. The second kappa shape index (κ2) is 8.52. The van der Waals surface area contributed by atoms with Gasteiger partial charge in [-0.3, -0.25) is 0 Å². The molecule has 0 saturated carbocycles. The largest absolute Gasteiger partial charge is 0.380 e. The smallest absolute Gasteiger partial charge is 0.0591 e. The molecular formula is C11H25NO. The fourth-order valence-electron chi connectivity index (χ4n) is 1.23. The highest BCUT2D eigenvalue weighted by Gasteiger charge is 2.00. The van der Waals surface area contributed by atoms with E-state index in [1.807, 2.05) is 0 Å². The molecule has 0 atom stereocenters. The van der Waals surface area contributed by atoms with Crippen LogP contribution in [-0.4, -0.2) is 25.8 Å². The molecule has 13 heavy (non-hydrogen) atoms. The van der Waals surface area contributed by atoms with E-state index in [2.05, 4.69) is 33.0 Å². The van der Waals surface area contributed by atoms with Crippen molar-refractivity contribution in [1.82, 2.24) is 5.32 Å². The zero-order chi connectivity index (χ0) is 10.1. The number of rotatable bonds is 8. The van der Waals surface area contributed by atoms with Crippen molar-refractivity contribution >= 4 is 0 Å². The van der Waals surface area contributed by atoms with E-state index in [0.717, 1.165) is 19.8 Å². The van der Waals surface area contributed by atoms with Crippen LogP contribution >= 0.6 is 0 Å². The summed E-state index contributed by atoms with van der Waals surface area (Å²) in [5, 5.41) is 3.47. The van der Waals surface area contributed by atoms with Crippen LogP contribution in [0.4, 0.5) is 0 Å². The molecule has 0 fully saturated rings. The third-order valence-electron chi connectivity index (χ3n) is 2.12. The van der Waals surface area contributed by atoms with Crippen LogP contribution in [0.1, 0.15) is 40.5 Å². The summed E-state index contributed by atoms with van der Waals surface area (Å²) < 4.78 is 5.47. The zero-order valence-electron chi connectivity index (χ0n) is 9.60. The highest BCUT2D eigenvalue weighted by Crippen LogP contribution is 1.95. The summed E-state index contributed by atoms with van der Waals surface area (Å²) in [5.41, 5.74) is 0. The van der Waals surface area contributed by atoms with Gasteiger partial charge in [-0.2, -0.15) is 0 Å². The highest BCUT2D eigenvalue weighted by molar-refractivity contribution is 4.61. The molecule has 0 bridgehead atoms. The van der Waals surface area contributed by atoms with E-state index < -0.39 is 0 Å². The van der Waals surface area contributed by atoms with Crippen LogP contribution in [0.25, 0.3) is 0 Å². The predicted molar refractivity (Wildman–Crippen MR) is 58.0 cm³/mol. The van der Waals surface area contributed by atoms with E-state index in [4.69, 9.17) is 4.74 Å². The average Bonchev–Trinajstić information content (AvgIpc) is 2.11. The minimum absolute atomic E-state index is 0.646. The quantitative estimate of drug-likeness (QED) is 0.589. The summed E-state index contributed by atoms with van der Waals surface area (Å²) >= 11 is 0. The Labute approximate surface area is 83.1 Å². The van der Waals surface area contributed by atoms with Gasteiger partial charge in [-0.15, -0.1) is 0 Å². The maximum Gasteiger partial charge on any atom is 0.0591 e. The molecule has 2 heteroatoms. The molecule has 0 heterocycles. The van der Waals surface area contributed by atoms with Crippen LogP contribution in [0.5, 0.6) is 0 Å². The van der Waals surface area contributed by atoms with E-state index in [1.165, 1.54) is 12.8 Å². The number of ether oxygens (including phenoxy) is 1. The van der Waals surface area contributed by atoms with E-state index in [-0.39, 0.29) is 0 Å². The summed E-state index contributed by atoms with van der Waals surface area (Å²) in [6.45, 7) is 11.5. The second-order valence-corrected chi connectivity index (χ2v) is 3.94. The predicted octanol–water partition coefficient (Wildman–Crippen LogP) is 2.44. The number of hydrogen-bond donors (Lipinski definition) is 1. The van der Waals surface area contributed by atoms with Crippen LogP contribution in [0, 0.1) is 5.92 Å². The first-order valence-corrected chi connectivity index (χ1v) is 5.51. The number of hydrogen-bond acceptors (Lipinski definition) is 2. The lowest BCUT2D eigenvalue weighted by molar-refractivity contribution is 0.110. The van der Waals surface area contributed by atoms with Gasteiger partial charge in [0.25, 0.3) is 0 Å². The van der Waals surface area contributed by atoms with E-state index in [9.17, 15) is 0 Å². The van der Waals surface area contributed by atoms with Crippen LogP contribution in [0.3, 0.4) is 0 Å². The molecule has 0 amide bonds. The lowest BCUT2D eigenvalue weighted by Gasteiger charge is -2.14. The lowest BCUT2D eigenvalue weighted by atomic mass is 10.2. The molecule has 1 N–H and O–H groups in total. The molecular weight excluding hydrogens is 162 g/mol. The molecule has 0 unspecified atom stereocenters. The summed E-state index contributed by atoms with van der Waals surface area (Å²) in [4.78, 5) is 0. The van der Waals surface area contributed by atoms with Gasteiger partial charge in [0.1, 0.15) is 0 Å². The van der Waals surface area contributed by atoms with Crippen molar-refractivity contribution in [3.05, 3.63) is 0 Å². The topological polar surface area (TPSA) is 21.3 Å². The van der Waals surface area contributed by atoms with Crippen molar-refractivity contribution in [2.75, 3.05) is 19.8 Å². The van der Waals surface area contributed by atoms with Crippen molar-refractivity contribution in [3.8, 4) is 0 Å². The molecule has 0 radical (unpaired) electrons. The molecule has 0 aromatic rings. The first-order valence-electron chi connectivity index (χ1n) is 5.51. The molecule has 0 aliphatic heterocycles. The minimum atomic E-state index is 0.646. The molecule has 0 saturated heterocycles. The number of nitrogens with one attached hydrogen (secondary N) is 1. The highest BCUT2D eigenvalue weighted by atomic mass is 16.5. The van der Waals surface area contributed by atoms with Crippen molar-refractivity contribution in [3.63, 3.8) is 0 Å². The molecule has 2 nitrogen and oxygen atoms in total. The molecule has 0 aliphatic carbocycles. The monoisotopic (exact) mass is 187 g/mol. The van der Waals surface area contributed by atoms with Gasteiger partial charge < -0.3 is 10.1 Å². The second-order valence-electron chi connectivity index (χ2n) is 3.94. The van der Waals surface area contributed by atoms with Gasteiger partial charge in [-0.05, 0) is 18.8 Å². The Bertz CT molecular complexity index is 100. The SMILES string of the molecule is CCC(CC)NCCOCC(C)C. The van der Waals surface area contributed by atoms with E-state index in [1.54, 1.807) is 0 Å². The van der Waals surface area contributed by atoms with Gasteiger partial charge in [0.15, 0.2) is 0 Å². The van der Waals surface area contributed by atoms with Crippen molar-refractivity contribution in [1.29, 1.82) is 0 Å². The molecule has 0 spiro atoms. The van der Waals surface area contributed by atoms with Gasteiger partial charge in [0, 0.05) is 19.2 Å². The van der Waals surface area contributed by atoms with Crippen LogP contribution in [0.15, 0.2) is 0 Å². The van der Waals surface area contributed by atoms with E-state index >= 15 is 0 Å². The minimum Gasteiger partial charge on any atom is -0.380 e. The summed E-state index contributed by atoms with van der Waals surface area (Å²) in [6, 6.07) is 0.669. The molecule has 0 aromatic carbocycles. The third-order valence-corrected chi connectivity index (χ3v) is 2.12. The Morgan fingerprint density at radius 1 is 1.15 bits per heavy atom. The summed E-state index contributed by atoms with van der Waals surface area (Å²) in [7, 11) is 0. The zero-order valence-corrected chi connectivity index (χ0v) is 9.60. The van der Waals surface area contributed by atoms with Gasteiger partial charge in [0.2, 0.25) is 0 Å². The summed E-state index contributed by atoms with van der Waals surface area (Å²) in [6.07, 6.45) is 2.42. The van der Waals surface area contributed by atoms with Gasteiger partial charge in [0.05, 0.1) is 6.61 Å². The van der Waals surface area contributed by atoms with Gasteiger partial charge >= 0.3 is 0 Å². The van der Waals surface area contributed by atoms with Crippen LogP contribution < -0.4 is 5.32 Å². The third kappa shape index (κ3) is 8.26. The first kappa shape index (κ1) is 12.9. The van der Waals surface area contributed by atoms with Gasteiger partial charge in [-0.25, -0.2) is 0 Å². The summed E-state index contributed by atoms with van der Waals surface area (Å²) in [5.74, 6) is 0.646. The van der Waals surface area contributed by atoms with Crippen LogP contribution in [0.2, 0.25) is 0 Å². The average molecular weight is 187 g/mol. The van der Waals surface area contributed by atoms with Gasteiger partial charge in [-0.1, -0.05) is 27.7 Å². The van der Waals surface area contributed by atoms with E-state index in [0.29, 0.717) is 12.0 Å². The normalized spacial score (nSPS) is 11.5. The van der Waals surface area contributed by atoms with Crippen molar-refractivity contribution in [2.45, 2.75) is 46.6 Å². The Morgan fingerprint density at radius 2 is 1.77 bits per heavy atom. The lowest BCUT2D eigenvalue weighted by Crippen LogP contribution is -2.31. The molecule has 80 valence electrons. The fourth-order valence-corrected chi connectivity index (χ4v) is 1.23. The maximum absolute atomic E-state index is 5.47. The van der Waals surface area contributed by atoms with Crippen molar-refractivity contribution < 1.29 is 4.74 Å². The fraction of sp³-hybridized carbons (Fsp3) is 1.00. The Hall–Kier alpha value is -0.0800. The Morgan fingerprint density at radius 3 is 2.23 bits per heavy atom. The molecule has 0 rings (SSSR count). The molecule has 0 aliphatic rings. The molecule has 0 aromatic heterocycles.